The topological polar surface area (TPSA) is 360 Å². The van der Waals surface area contributed by atoms with E-state index < -0.39 is 95.1 Å². The molecule has 2 aromatic carbocycles. The fourth-order valence-electron chi connectivity index (χ4n) is 9.79. The highest BCUT2D eigenvalue weighted by Gasteiger charge is 2.52. The average molecular weight is 1120 g/mol. The number of phenolic OH excluding ortho intramolecular Hbond substituents is 1. The van der Waals surface area contributed by atoms with Crippen LogP contribution in [0.1, 0.15) is 87.1 Å². The summed E-state index contributed by atoms with van der Waals surface area (Å²) in [4.78, 5) is 87.8. The number of nitrogens with zero attached hydrogens (tertiary/aromatic N) is 8. The highest BCUT2D eigenvalue weighted by atomic mass is 16.7. The summed E-state index contributed by atoms with van der Waals surface area (Å²) in [5, 5.41) is 82.1. The monoisotopic (exact) mass is 1120 g/mol. The van der Waals surface area contributed by atoms with Crippen LogP contribution in [0, 0.1) is 15.5 Å². The normalized spacial score (nSPS) is 20.7. The Morgan fingerprint density at radius 3 is 2.44 bits per heavy atom. The van der Waals surface area contributed by atoms with E-state index in [2.05, 4.69) is 31.1 Å². The number of likely N-dealkylation sites (N-methyl/N-ethyl adjacent to an activating group) is 1. The number of carboxylic acids is 1. The van der Waals surface area contributed by atoms with Crippen LogP contribution in [0.3, 0.4) is 0 Å². The number of aromatic hydroxyl groups is 1. The molecule has 1 fully saturated rings. The third-order valence-corrected chi connectivity index (χ3v) is 14.3. The Balaban J connectivity index is 1.05. The number of nitro benzene ring substituents is 1. The van der Waals surface area contributed by atoms with Gasteiger partial charge in [-0.2, -0.15) is 0 Å². The lowest BCUT2D eigenvalue weighted by Crippen LogP contribution is -2.61. The molecule has 0 aliphatic carbocycles. The van der Waals surface area contributed by atoms with E-state index in [-0.39, 0.29) is 86.7 Å². The van der Waals surface area contributed by atoms with E-state index in [0.717, 1.165) is 44.9 Å². The maximum absolute atomic E-state index is 14.5. The smallest absolute Gasteiger partial charge is 0.411 e. The Bertz CT molecular complexity index is 3230. The molecule has 430 valence electrons. The number of aliphatic carboxylic acids is 1. The highest BCUT2D eigenvalue weighted by molar-refractivity contribution is 5.90. The van der Waals surface area contributed by atoms with Crippen molar-refractivity contribution in [3.8, 4) is 22.9 Å². The van der Waals surface area contributed by atoms with Crippen LogP contribution in [-0.4, -0.2) is 171 Å². The quantitative estimate of drug-likeness (QED) is 0.0198. The highest BCUT2D eigenvalue weighted by Crippen LogP contribution is 2.43. The minimum atomic E-state index is -2.13. The molecule has 3 aromatic heterocycles. The van der Waals surface area contributed by atoms with E-state index in [9.17, 15) is 64.7 Å². The summed E-state index contributed by atoms with van der Waals surface area (Å²) in [6, 6.07) is 9.84. The van der Waals surface area contributed by atoms with Gasteiger partial charge in [0.1, 0.15) is 36.8 Å². The van der Waals surface area contributed by atoms with Crippen molar-refractivity contribution in [2.45, 2.75) is 122 Å². The molecule has 0 bridgehead atoms. The van der Waals surface area contributed by atoms with Gasteiger partial charge in [0.15, 0.2) is 11.9 Å². The first-order valence-electron chi connectivity index (χ1n) is 25.9. The van der Waals surface area contributed by atoms with Crippen LogP contribution < -0.4 is 10.3 Å². The molecule has 8 rings (SSSR count). The maximum atomic E-state index is 14.5. The van der Waals surface area contributed by atoms with Crippen LogP contribution in [-0.2, 0) is 71.4 Å². The van der Waals surface area contributed by atoms with Gasteiger partial charge in [0, 0.05) is 68.4 Å². The first-order valence-corrected chi connectivity index (χ1v) is 25.9. The lowest BCUT2D eigenvalue weighted by molar-refractivity contribution is -0.387. The lowest BCUT2D eigenvalue weighted by Gasteiger charge is -2.38. The second kappa shape index (κ2) is 23.9. The number of fused-ring (bicyclic) bond motifs is 5. The van der Waals surface area contributed by atoms with E-state index in [1.54, 1.807) is 36.0 Å². The average Bonchev–Trinajstić information content (AvgIpc) is 4.22. The predicted octanol–water partition coefficient (Wildman–Crippen LogP) is 3.06. The number of hydrogen-bond acceptors (Lipinski definition) is 21. The van der Waals surface area contributed by atoms with Gasteiger partial charge in [0.2, 0.25) is 11.9 Å². The molecule has 3 aliphatic heterocycles. The van der Waals surface area contributed by atoms with Crippen molar-refractivity contribution in [1.82, 2.24) is 34.3 Å². The molecule has 2 amide bonds. The number of aromatic nitrogens is 5. The minimum Gasteiger partial charge on any atom is -0.508 e. The molecule has 3 aliphatic rings. The summed E-state index contributed by atoms with van der Waals surface area (Å²) in [5.41, 5.74) is 0.257. The summed E-state index contributed by atoms with van der Waals surface area (Å²) in [7, 11) is 1.36. The first kappa shape index (κ1) is 58.3. The zero-order chi connectivity index (χ0) is 58.0. The number of nitro groups is 1. The van der Waals surface area contributed by atoms with Gasteiger partial charge in [-0.05, 0) is 66.1 Å². The number of amides is 2. The SMILES string of the molecule is CCc1c2c(nc3ccc(O)cc13)-c1cc3c(c(=O)n1C2)COC(=O)[C@@]3(CC)OC(=O)N(CCOCCO)CCN(C)C(=O)OC(Cc1cn(CCC(C)(C)C)nn1)c1ccc(OC2OC(C(=O)O)C(O)C(O)C2O)c([N+](=O)[O-])c1. The number of phenols is 1. The van der Waals surface area contributed by atoms with E-state index in [4.69, 9.17) is 33.4 Å². The lowest BCUT2D eigenvalue weighted by atomic mass is 9.85. The van der Waals surface area contributed by atoms with Crippen molar-refractivity contribution in [2.24, 2.45) is 5.41 Å². The van der Waals surface area contributed by atoms with Gasteiger partial charge in [0.05, 0.1) is 59.5 Å². The molecule has 5 aromatic rings. The molecule has 80 heavy (non-hydrogen) atoms. The number of esters is 1. The molecule has 27 heteroatoms. The number of aryl methyl sites for hydroxylation is 2. The first-order chi connectivity index (χ1) is 38.0. The Morgan fingerprint density at radius 2 is 1.75 bits per heavy atom. The summed E-state index contributed by atoms with van der Waals surface area (Å²) in [5.74, 6) is -3.12. The summed E-state index contributed by atoms with van der Waals surface area (Å²) < 4.78 is 37.1. The van der Waals surface area contributed by atoms with Crippen LogP contribution in [0.15, 0.2) is 53.5 Å². The van der Waals surface area contributed by atoms with Gasteiger partial charge in [-0.15, -0.1) is 5.10 Å². The van der Waals surface area contributed by atoms with Crippen LogP contribution in [0.25, 0.3) is 22.3 Å². The number of pyridine rings is 2. The fourth-order valence-corrected chi connectivity index (χ4v) is 9.79. The molecule has 0 radical (unpaired) electrons. The molecule has 1 saturated heterocycles. The molecule has 0 spiro atoms. The van der Waals surface area contributed by atoms with Crippen molar-refractivity contribution >= 4 is 40.7 Å². The van der Waals surface area contributed by atoms with E-state index >= 15 is 0 Å². The number of aliphatic hydroxyl groups excluding tert-OH is 4. The van der Waals surface area contributed by atoms with Gasteiger partial charge < -0.3 is 73.4 Å². The van der Waals surface area contributed by atoms with Gasteiger partial charge >= 0.3 is 29.8 Å². The number of benzene rings is 2. The largest absolute Gasteiger partial charge is 0.508 e. The Labute approximate surface area is 456 Å². The predicted molar refractivity (Wildman–Crippen MR) is 277 cm³/mol. The third-order valence-electron chi connectivity index (χ3n) is 14.3. The summed E-state index contributed by atoms with van der Waals surface area (Å²) in [6.45, 7) is 8.71. The van der Waals surface area contributed by atoms with Crippen LogP contribution in [0.4, 0.5) is 15.3 Å². The van der Waals surface area contributed by atoms with Gasteiger partial charge in [-0.3, -0.25) is 19.6 Å². The van der Waals surface area contributed by atoms with Crippen molar-refractivity contribution < 1.29 is 83.2 Å². The van der Waals surface area contributed by atoms with Crippen molar-refractivity contribution in [3.63, 3.8) is 0 Å². The number of carbonyl (C=O) groups is 4. The van der Waals surface area contributed by atoms with Crippen LogP contribution >= 0.6 is 0 Å². The zero-order valence-corrected chi connectivity index (χ0v) is 44.8. The molecule has 6 N–H and O–H groups in total. The molecule has 27 nitrogen and oxygen atoms in total. The fraction of sp³-hybridized carbons (Fsp3) is 0.509. The molecular formula is C53H64N8O19. The van der Waals surface area contributed by atoms with Crippen molar-refractivity contribution in [1.29, 1.82) is 0 Å². The van der Waals surface area contributed by atoms with E-state index in [0.29, 0.717) is 35.6 Å². The van der Waals surface area contributed by atoms with Crippen LogP contribution in [0.2, 0.25) is 0 Å². The standard InChI is InChI=1S/C53H64N8O19/c1-7-31-32-23-30(63)10-11-36(32)54-41-33(31)26-60-38(41)24-35-34(46(60)67)27-76-49(70)53(35,8-2)80-51(72)58(17-19-75-20-18-62)16-15-57(6)50(71)78-40(22-29-25-59(56-55-29)14-13-52(3,4)5)28-9-12-39(37(21-28)61(73)74)77-48-44(66)42(64)43(65)45(79-48)47(68)69/h9-12,21,23-25,40,42-45,48,62-66H,7-8,13-20,22,26-27H2,1-6H3,(H,68,69)/t40?,42?,43?,44?,45?,48?,53-/m0/s1. The molecule has 7 atom stereocenters. The van der Waals surface area contributed by atoms with Crippen molar-refractivity contribution in [2.75, 3.05) is 46.5 Å². The number of hydrogen-bond donors (Lipinski definition) is 6. The van der Waals surface area contributed by atoms with Gasteiger partial charge in [-0.25, -0.2) is 24.2 Å². The Hall–Kier alpha value is -7.82. The number of carboxylic acid groups (broad SMARTS) is 1. The second-order valence-electron chi connectivity index (χ2n) is 20.9. The van der Waals surface area contributed by atoms with Gasteiger partial charge in [-0.1, -0.05) is 45.9 Å². The summed E-state index contributed by atoms with van der Waals surface area (Å²) >= 11 is 0. The molecular weight excluding hydrogens is 1050 g/mol. The maximum Gasteiger partial charge on any atom is 0.411 e. The zero-order valence-electron chi connectivity index (χ0n) is 44.8. The number of aliphatic hydroxyl groups is 4. The third kappa shape index (κ3) is 12.0. The van der Waals surface area contributed by atoms with E-state index in [1.165, 1.54) is 23.7 Å². The molecule has 6 unspecified atom stereocenters. The Morgan fingerprint density at radius 1 is 0.988 bits per heavy atom. The minimum absolute atomic E-state index is 0.0405. The number of ether oxygens (including phenoxy) is 6. The number of carbonyl (C=O) groups excluding carboxylic acids is 3. The summed E-state index contributed by atoms with van der Waals surface area (Å²) in [6.07, 6.45) is -11.0. The Kier molecular flexibility index (Phi) is 17.4. The molecule has 6 heterocycles. The van der Waals surface area contributed by atoms with Gasteiger partial charge in [0.25, 0.3) is 5.56 Å². The van der Waals surface area contributed by atoms with Crippen molar-refractivity contribution in [3.05, 3.63) is 103 Å². The van der Waals surface area contributed by atoms with E-state index in [1.807, 2.05) is 6.92 Å². The van der Waals surface area contributed by atoms with Crippen LogP contribution in [0.5, 0.6) is 11.5 Å². The second-order valence-corrected chi connectivity index (χ2v) is 20.9. The number of cyclic esters (lactones) is 1. The number of rotatable bonds is 21. The molecule has 0 saturated carbocycles.